The van der Waals surface area contributed by atoms with Crippen LogP contribution < -0.4 is 5.43 Å². The molecule has 1 amide bonds. The molecule has 6 nitrogen and oxygen atoms in total. The number of hydrogen-bond acceptors (Lipinski definition) is 5. The Kier molecular flexibility index (Phi) is 9.18. The van der Waals surface area contributed by atoms with Gasteiger partial charge in [0, 0.05) is 18.6 Å². The first-order chi connectivity index (χ1) is 16.2. The molecular weight excluding hydrogens is 416 g/mol. The van der Waals surface area contributed by atoms with Gasteiger partial charge in [-0.2, -0.15) is 0 Å². The molecular formula is C27H30N2O4. The number of carbonyl (C=O) groups excluding carboxylic acids is 2. The van der Waals surface area contributed by atoms with Crippen molar-refractivity contribution in [2.45, 2.75) is 24.9 Å². The zero-order valence-electron chi connectivity index (χ0n) is 18.6. The number of aliphatic hydroxyl groups excluding tert-OH is 1. The predicted molar refractivity (Wildman–Crippen MR) is 127 cm³/mol. The Balaban J connectivity index is 1.84. The minimum Gasteiger partial charge on any atom is -0.444 e. The highest BCUT2D eigenvalue weighted by Gasteiger charge is 2.34. The van der Waals surface area contributed by atoms with Crippen molar-refractivity contribution >= 4 is 12.4 Å². The molecule has 0 heterocycles. The van der Waals surface area contributed by atoms with Crippen LogP contribution in [0.3, 0.4) is 0 Å². The highest BCUT2D eigenvalue weighted by atomic mass is 16.6. The molecule has 0 bridgehead atoms. The first-order valence-electron chi connectivity index (χ1n) is 11.1. The minimum atomic E-state index is -0.622. The van der Waals surface area contributed by atoms with E-state index in [2.05, 4.69) is 5.43 Å². The molecule has 2 N–H and O–H groups in total. The lowest BCUT2D eigenvalue weighted by molar-refractivity contribution is -0.109. The van der Waals surface area contributed by atoms with Crippen molar-refractivity contribution in [3.05, 3.63) is 108 Å². The summed E-state index contributed by atoms with van der Waals surface area (Å²) in [5.74, 6) is 0. The van der Waals surface area contributed by atoms with E-state index in [0.29, 0.717) is 25.7 Å². The van der Waals surface area contributed by atoms with Crippen LogP contribution in [0.5, 0.6) is 0 Å². The fourth-order valence-electron chi connectivity index (χ4n) is 3.95. The number of aldehydes is 1. The van der Waals surface area contributed by atoms with E-state index >= 15 is 0 Å². The van der Waals surface area contributed by atoms with Gasteiger partial charge in [0.15, 0.2) is 0 Å². The number of rotatable bonds is 12. The number of nitrogens with one attached hydrogen (secondary N) is 1. The van der Waals surface area contributed by atoms with Crippen LogP contribution in [0.1, 0.15) is 29.5 Å². The molecule has 6 heteroatoms. The second-order valence-corrected chi connectivity index (χ2v) is 7.79. The van der Waals surface area contributed by atoms with E-state index in [1.807, 2.05) is 91.0 Å². The number of benzene rings is 3. The number of hydrazine groups is 1. The number of aliphatic hydroxyl groups is 1. The molecule has 0 aliphatic rings. The fraction of sp³-hybridized carbons (Fsp3) is 0.259. The first-order valence-corrected chi connectivity index (χ1v) is 11.1. The lowest BCUT2D eigenvalue weighted by Gasteiger charge is -2.37. The zero-order valence-corrected chi connectivity index (χ0v) is 18.6. The van der Waals surface area contributed by atoms with Crippen LogP contribution in [0.15, 0.2) is 91.0 Å². The third-order valence-corrected chi connectivity index (χ3v) is 5.67. The quantitative estimate of drug-likeness (QED) is 0.324. The third-order valence-electron chi connectivity index (χ3n) is 5.67. The molecule has 0 fully saturated rings. The summed E-state index contributed by atoms with van der Waals surface area (Å²) in [6.45, 7) is 0.366. The van der Waals surface area contributed by atoms with Gasteiger partial charge in [-0.3, -0.25) is 0 Å². The lowest BCUT2D eigenvalue weighted by atomic mass is 9.71. The van der Waals surface area contributed by atoms with Gasteiger partial charge in [-0.05, 0) is 29.5 Å². The first kappa shape index (κ1) is 24.2. The van der Waals surface area contributed by atoms with Crippen LogP contribution in [0.4, 0.5) is 4.79 Å². The van der Waals surface area contributed by atoms with E-state index in [1.54, 1.807) is 0 Å². The Morgan fingerprint density at radius 1 is 0.909 bits per heavy atom. The summed E-state index contributed by atoms with van der Waals surface area (Å²) in [4.78, 5) is 24.1. The van der Waals surface area contributed by atoms with Crippen molar-refractivity contribution < 1.29 is 19.4 Å². The molecule has 33 heavy (non-hydrogen) atoms. The van der Waals surface area contributed by atoms with Gasteiger partial charge in [-0.15, -0.1) is 0 Å². The summed E-state index contributed by atoms with van der Waals surface area (Å²) in [6, 6.07) is 29.4. The summed E-state index contributed by atoms with van der Waals surface area (Å²) < 4.78 is 5.43. The number of nitrogens with zero attached hydrogens (tertiary/aromatic N) is 1. The lowest BCUT2D eigenvalue weighted by Crippen LogP contribution is -2.50. The summed E-state index contributed by atoms with van der Waals surface area (Å²) in [5.41, 5.74) is 5.60. The number of ether oxygens (including phenoxy) is 1. The molecule has 0 aromatic heterocycles. The van der Waals surface area contributed by atoms with Gasteiger partial charge < -0.3 is 14.6 Å². The highest BCUT2D eigenvalue weighted by molar-refractivity contribution is 5.70. The van der Waals surface area contributed by atoms with E-state index < -0.39 is 11.5 Å². The molecule has 3 aromatic rings. The van der Waals surface area contributed by atoms with Crippen LogP contribution in [-0.4, -0.2) is 42.2 Å². The molecule has 0 spiro atoms. The average molecular weight is 447 g/mol. The van der Waals surface area contributed by atoms with Crippen LogP contribution in [-0.2, 0) is 21.6 Å². The monoisotopic (exact) mass is 446 g/mol. The molecule has 0 atom stereocenters. The van der Waals surface area contributed by atoms with Crippen LogP contribution in [0.25, 0.3) is 0 Å². The van der Waals surface area contributed by atoms with Gasteiger partial charge in [0.2, 0.25) is 0 Å². The number of amides is 1. The summed E-state index contributed by atoms with van der Waals surface area (Å²) in [7, 11) is 0. The van der Waals surface area contributed by atoms with Crippen molar-refractivity contribution in [2.24, 2.45) is 0 Å². The molecule has 0 unspecified atom stereocenters. The van der Waals surface area contributed by atoms with Crippen molar-refractivity contribution in [2.75, 3.05) is 19.7 Å². The van der Waals surface area contributed by atoms with Crippen LogP contribution in [0.2, 0.25) is 0 Å². The van der Waals surface area contributed by atoms with Crippen molar-refractivity contribution in [1.29, 1.82) is 0 Å². The van der Waals surface area contributed by atoms with Crippen LogP contribution >= 0.6 is 0 Å². The second kappa shape index (κ2) is 12.5. The normalized spacial score (nSPS) is 11.1. The van der Waals surface area contributed by atoms with Gasteiger partial charge in [0.25, 0.3) is 0 Å². The molecule has 0 saturated heterocycles. The van der Waals surface area contributed by atoms with Crippen molar-refractivity contribution in [3.8, 4) is 0 Å². The predicted octanol–water partition coefficient (Wildman–Crippen LogP) is 4.09. The Labute approximate surface area is 194 Å². The van der Waals surface area contributed by atoms with E-state index in [1.165, 1.54) is 5.01 Å². The average Bonchev–Trinajstić information content (AvgIpc) is 2.88. The molecule has 3 rings (SSSR count). The Bertz CT molecular complexity index is 941. The second-order valence-electron chi connectivity index (χ2n) is 7.79. The van der Waals surface area contributed by atoms with E-state index in [9.17, 15) is 14.7 Å². The molecule has 0 radical (unpaired) electrons. The molecule has 172 valence electrons. The largest absolute Gasteiger partial charge is 0.444 e. The van der Waals surface area contributed by atoms with Crippen molar-refractivity contribution in [1.82, 2.24) is 10.4 Å². The SMILES string of the molecule is O=CCN(NCC(CCCO)(c1ccccc1)c1ccccc1)C(=O)OCc1ccccc1. The third kappa shape index (κ3) is 6.51. The Morgan fingerprint density at radius 2 is 1.45 bits per heavy atom. The Morgan fingerprint density at radius 3 is 1.97 bits per heavy atom. The van der Waals surface area contributed by atoms with Crippen molar-refractivity contribution in [3.63, 3.8) is 0 Å². The highest BCUT2D eigenvalue weighted by Crippen LogP contribution is 2.36. The maximum Gasteiger partial charge on any atom is 0.424 e. The summed E-state index contributed by atoms with van der Waals surface area (Å²) >= 11 is 0. The van der Waals surface area contributed by atoms with Gasteiger partial charge in [0.05, 0.1) is 6.54 Å². The van der Waals surface area contributed by atoms with Gasteiger partial charge in [-0.1, -0.05) is 91.0 Å². The topological polar surface area (TPSA) is 78.9 Å². The smallest absolute Gasteiger partial charge is 0.424 e. The zero-order chi connectivity index (χ0) is 23.4. The fourth-order valence-corrected chi connectivity index (χ4v) is 3.95. The number of hydrogen-bond donors (Lipinski definition) is 2. The minimum absolute atomic E-state index is 0.0542. The van der Waals surface area contributed by atoms with E-state index in [4.69, 9.17) is 4.74 Å². The van der Waals surface area contributed by atoms with Gasteiger partial charge in [-0.25, -0.2) is 15.2 Å². The van der Waals surface area contributed by atoms with E-state index in [-0.39, 0.29) is 19.8 Å². The maximum atomic E-state index is 12.8. The summed E-state index contributed by atoms with van der Waals surface area (Å²) in [5, 5.41) is 10.8. The Hall–Kier alpha value is -3.48. The molecule has 0 aliphatic heterocycles. The maximum absolute atomic E-state index is 12.8. The molecule has 0 aliphatic carbocycles. The molecule has 3 aromatic carbocycles. The standard InChI is InChI=1S/C27H30N2O4/c30-19-10-17-27(24-13-6-2-7-14-24,25-15-8-3-9-16-25)22-28-29(18-20-31)26(32)33-21-23-11-4-1-5-12-23/h1-9,11-16,20,28,30H,10,17-19,21-22H2. The van der Waals surface area contributed by atoms with Gasteiger partial charge in [0.1, 0.15) is 12.9 Å². The van der Waals surface area contributed by atoms with Gasteiger partial charge >= 0.3 is 6.09 Å². The summed E-state index contributed by atoms with van der Waals surface area (Å²) in [6.07, 6.45) is 1.27. The molecule has 0 saturated carbocycles. The van der Waals surface area contributed by atoms with Crippen LogP contribution in [0, 0.1) is 0 Å². The number of carbonyl (C=O) groups is 2. The van der Waals surface area contributed by atoms with E-state index in [0.717, 1.165) is 16.7 Å².